The molecule has 0 saturated carbocycles. The highest BCUT2D eigenvalue weighted by molar-refractivity contribution is 5.31. The minimum absolute atomic E-state index is 0.0770. The minimum atomic E-state index is -0.634. The number of benzene rings is 1. The van der Waals surface area contributed by atoms with Crippen molar-refractivity contribution in [3.8, 4) is 5.75 Å². The van der Waals surface area contributed by atoms with Gasteiger partial charge in [-0.1, -0.05) is 34.6 Å². The summed E-state index contributed by atoms with van der Waals surface area (Å²) < 4.78 is 33.1. The molecule has 0 saturated heterocycles. The first-order chi connectivity index (χ1) is 9.69. The maximum Gasteiger partial charge on any atom is 0.190 e. The van der Waals surface area contributed by atoms with Gasteiger partial charge in [0.15, 0.2) is 17.4 Å². The fourth-order valence-corrected chi connectivity index (χ4v) is 1.82. The van der Waals surface area contributed by atoms with E-state index in [0.29, 0.717) is 24.6 Å². The van der Waals surface area contributed by atoms with Gasteiger partial charge in [-0.15, -0.1) is 0 Å². The van der Waals surface area contributed by atoms with Crippen molar-refractivity contribution in [2.24, 2.45) is 11.3 Å². The Kier molecular flexibility index (Phi) is 6.59. The Balaban J connectivity index is 2.62. The van der Waals surface area contributed by atoms with Crippen LogP contribution in [0.25, 0.3) is 0 Å². The molecule has 21 heavy (non-hydrogen) atoms. The lowest BCUT2D eigenvalue weighted by Crippen LogP contribution is -2.19. The van der Waals surface area contributed by atoms with Gasteiger partial charge in [-0.05, 0) is 42.0 Å². The van der Waals surface area contributed by atoms with Gasteiger partial charge in [0.1, 0.15) is 0 Å². The van der Waals surface area contributed by atoms with Crippen molar-refractivity contribution in [1.82, 2.24) is 5.32 Å². The van der Waals surface area contributed by atoms with Crippen LogP contribution in [0.5, 0.6) is 5.75 Å². The molecular formula is C17H27F2NO. The Morgan fingerprint density at radius 1 is 1.14 bits per heavy atom. The third-order valence-electron chi connectivity index (χ3n) is 3.04. The summed E-state index contributed by atoms with van der Waals surface area (Å²) in [5, 5.41) is 3.16. The Bertz CT molecular complexity index is 430. The number of hydrogen-bond acceptors (Lipinski definition) is 2. The van der Waals surface area contributed by atoms with Crippen molar-refractivity contribution in [3.63, 3.8) is 0 Å². The van der Waals surface area contributed by atoms with Crippen molar-refractivity contribution in [3.05, 3.63) is 29.3 Å². The highest BCUT2D eigenvalue weighted by atomic mass is 19.1. The molecular weight excluding hydrogens is 272 g/mol. The highest BCUT2D eigenvalue weighted by Crippen LogP contribution is 2.25. The molecule has 0 fully saturated rings. The van der Waals surface area contributed by atoms with E-state index < -0.39 is 11.6 Å². The van der Waals surface area contributed by atoms with E-state index in [9.17, 15) is 8.78 Å². The van der Waals surface area contributed by atoms with E-state index in [2.05, 4.69) is 39.9 Å². The van der Waals surface area contributed by atoms with Gasteiger partial charge in [-0.3, -0.25) is 0 Å². The molecule has 0 aromatic heterocycles. The van der Waals surface area contributed by atoms with Crippen LogP contribution in [0.4, 0.5) is 8.78 Å². The van der Waals surface area contributed by atoms with Crippen LogP contribution in [0.3, 0.4) is 0 Å². The molecule has 1 N–H and O–H groups in total. The Morgan fingerprint density at radius 2 is 1.71 bits per heavy atom. The first kappa shape index (κ1) is 17.9. The normalized spacial score (nSPS) is 12.0. The lowest BCUT2D eigenvalue weighted by atomic mass is 9.93. The second-order valence-electron chi connectivity index (χ2n) is 7.07. The molecule has 0 amide bonds. The molecule has 0 heterocycles. The zero-order valence-corrected chi connectivity index (χ0v) is 13.7. The average Bonchev–Trinajstić information content (AvgIpc) is 2.31. The average molecular weight is 299 g/mol. The van der Waals surface area contributed by atoms with E-state index in [4.69, 9.17) is 4.74 Å². The summed E-state index contributed by atoms with van der Waals surface area (Å²) in [5.74, 6) is -1.04. The number of hydrogen-bond donors (Lipinski definition) is 1. The van der Waals surface area contributed by atoms with Gasteiger partial charge < -0.3 is 10.1 Å². The summed E-state index contributed by atoms with van der Waals surface area (Å²) in [4.78, 5) is 0. The van der Waals surface area contributed by atoms with Crippen molar-refractivity contribution in [2.45, 2.75) is 47.6 Å². The molecule has 1 rings (SSSR count). The topological polar surface area (TPSA) is 21.3 Å². The van der Waals surface area contributed by atoms with Crippen LogP contribution in [0, 0.1) is 23.0 Å². The fraction of sp³-hybridized carbons (Fsp3) is 0.647. The van der Waals surface area contributed by atoms with E-state index in [-0.39, 0.29) is 11.2 Å². The van der Waals surface area contributed by atoms with Crippen molar-refractivity contribution >= 4 is 0 Å². The van der Waals surface area contributed by atoms with Crippen LogP contribution in [0.2, 0.25) is 0 Å². The van der Waals surface area contributed by atoms with Gasteiger partial charge in [0.05, 0.1) is 6.61 Å². The molecule has 1 aromatic carbocycles. The minimum Gasteiger partial charge on any atom is -0.488 e. The lowest BCUT2D eigenvalue weighted by molar-refractivity contribution is 0.226. The van der Waals surface area contributed by atoms with Crippen molar-refractivity contribution in [2.75, 3.05) is 13.2 Å². The monoisotopic (exact) mass is 299 g/mol. The molecule has 4 heteroatoms. The van der Waals surface area contributed by atoms with Gasteiger partial charge in [-0.2, -0.15) is 0 Å². The zero-order valence-electron chi connectivity index (χ0n) is 13.7. The van der Waals surface area contributed by atoms with Crippen LogP contribution < -0.4 is 10.1 Å². The Hall–Kier alpha value is -1.16. The third kappa shape index (κ3) is 6.89. The zero-order chi connectivity index (χ0) is 16.0. The molecule has 0 atom stereocenters. The second-order valence-corrected chi connectivity index (χ2v) is 7.07. The summed E-state index contributed by atoms with van der Waals surface area (Å²) in [6.45, 7) is 11.9. The van der Waals surface area contributed by atoms with Gasteiger partial charge in [-0.25, -0.2) is 8.78 Å². The maximum atomic E-state index is 13.9. The third-order valence-corrected chi connectivity index (χ3v) is 3.04. The SMILES string of the molecule is CC(C)CNCc1cc(F)c(OCCC(C)(C)C)c(F)c1. The summed E-state index contributed by atoms with van der Waals surface area (Å²) in [6.07, 6.45) is 0.740. The Morgan fingerprint density at radius 3 is 2.19 bits per heavy atom. The molecule has 0 unspecified atom stereocenters. The molecule has 2 nitrogen and oxygen atoms in total. The van der Waals surface area contributed by atoms with E-state index in [1.54, 1.807) is 0 Å². The van der Waals surface area contributed by atoms with E-state index >= 15 is 0 Å². The predicted molar refractivity (Wildman–Crippen MR) is 82.5 cm³/mol. The summed E-state index contributed by atoms with van der Waals surface area (Å²) in [7, 11) is 0. The highest BCUT2D eigenvalue weighted by Gasteiger charge is 2.15. The van der Waals surface area contributed by atoms with Crippen LogP contribution in [-0.4, -0.2) is 13.2 Å². The molecule has 1 aromatic rings. The molecule has 0 aliphatic carbocycles. The maximum absolute atomic E-state index is 13.9. The lowest BCUT2D eigenvalue weighted by Gasteiger charge is -2.18. The van der Waals surface area contributed by atoms with Gasteiger partial charge in [0.25, 0.3) is 0 Å². The number of nitrogens with one attached hydrogen (secondary N) is 1. The molecule has 0 aliphatic heterocycles. The predicted octanol–water partition coefficient (Wildman–Crippen LogP) is 4.53. The fourth-order valence-electron chi connectivity index (χ4n) is 1.82. The van der Waals surface area contributed by atoms with Crippen molar-refractivity contribution < 1.29 is 13.5 Å². The van der Waals surface area contributed by atoms with Gasteiger partial charge in [0, 0.05) is 6.54 Å². The molecule has 0 spiro atoms. The number of rotatable bonds is 7. The van der Waals surface area contributed by atoms with Crippen LogP contribution in [0.15, 0.2) is 12.1 Å². The van der Waals surface area contributed by atoms with E-state index in [1.165, 1.54) is 12.1 Å². The smallest absolute Gasteiger partial charge is 0.190 e. The number of ether oxygens (including phenoxy) is 1. The quantitative estimate of drug-likeness (QED) is 0.799. The van der Waals surface area contributed by atoms with Gasteiger partial charge >= 0.3 is 0 Å². The summed E-state index contributed by atoms with van der Waals surface area (Å²) in [6, 6.07) is 2.67. The first-order valence-electron chi connectivity index (χ1n) is 7.50. The van der Waals surface area contributed by atoms with Gasteiger partial charge in [0.2, 0.25) is 0 Å². The summed E-state index contributed by atoms with van der Waals surface area (Å²) in [5.41, 5.74) is 0.669. The van der Waals surface area contributed by atoms with Crippen LogP contribution in [0.1, 0.15) is 46.6 Å². The van der Waals surface area contributed by atoms with E-state index in [0.717, 1.165) is 13.0 Å². The standard InChI is InChI=1S/C17H27F2NO/c1-12(2)10-20-11-13-8-14(18)16(15(19)9-13)21-7-6-17(3,4)5/h8-9,12,20H,6-7,10-11H2,1-5H3. The Labute approximate surface area is 126 Å². The van der Waals surface area contributed by atoms with Crippen LogP contribution in [-0.2, 0) is 6.54 Å². The van der Waals surface area contributed by atoms with E-state index in [1.807, 2.05) is 0 Å². The van der Waals surface area contributed by atoms with Crippen LogP contribution >= 0.6 is 0 Å². The molecule has 0 radical (unpaired) electrons. The second kappa shape index (κ2) is 7.74. The summed E-state index contributed by atoms with van der Waals surface area (Å²) >= 11 is 0. The molecule has 0 bridgehead atoms. The molecule has 0 aliphatic rings. The largest absolute Gasteiger partial charge is 0.488 e. The van der Waals surface area contributed by atoms with Crippen molar-refractivity contribution in [1.29, 1.82) is 0 Å². The number of halogens is 2. The molecule has 120 valence electrons. The first-order valence-corrected chi connectivity index (χ1v) is 7.50.